The van der Waals surface area contributed by atoms with Crippen LogP contribution in [0, 0.1) is 5.92 Å². The lowest BCUT2D eigenvalue weighted by Crippen LogP contribution is -2.49. The van der Waals surface area contributed by atoms with Gasteiger partial charge >= 0.3 is 0 Å². The van der Waals surface area contributed by atoms with Crippen LogP contribution in [0.1, 0.15) is 32.6 Å². The summed E-state index contributed by atoms with van der Waals surface area (Å²) in [5, 5.41) is 13.3. The molecule has 0 aromatic carbocycles. The van der Waals surface area contributed by atoms with Crippen molar-refractivity contribution in [1.82, 2.24) is 5.32 Å². The summed E-state index contributed by atoms with van der Waals surface area (Å²) in [7, 11) is 0. The van der Waals surface area contributed by atoms with Crippen LogP contribution < -0.4 is 5.32 Å². The summed E-state index contributed by atoms with van der Waals surface area (Å²) in [6.07, 6.45) is 4.27. The molecule has 1 aliphatic carbocycles. The van der Waals surface area contributed by atoms with Crippen molar-refractivity contribution in [2.75, 3.05) is 19.8 Å². The lowest BCUT2D eigenvalue weighted by Gasteiger charge is -2.38. The third-order valence-corrected chi connectivity index (χ3v) is 3.71. The van der Waals surface area contributed by atoms with E-state index >= 15 is 0 Å². The Balaban J connectivity index is 1.68. The lowest BCUT2D eigenvalue weighted by atomic mass is 9.80. The van der Waals surface area contributed by atoms with E-state index in [1.54, 1.807) is 0 Å². The Morgan fingerprint density at radius 2 is 2.36 bits per heavy atom. The highest BCUT2D eigenvalue weighted by molar-refractivity contribution is 4.91. The van der Waals surface area contributed by atoms with Crippen LogP contribution in [0.3, 0.4) is 0 Å². The SMILES string of the molecule is CC(NCC1(O)CCC1)C1CCOC1. The van der Waals surface area contributed by atoms with E-state index in [1.165, 1.54) is 6.42 Å². The number of hydrogen-bond acceptors (Lipinski definition) is 3. The largest absolute Gasteiger partial charge is 0.389 e. The maximum atomic E-state index is 9.91. The maximum Gasteiger partial charge on any atom is 0.0771 e. The van der Waals surface area contributed by atoms with Gasteiger partial charge in [0, 0.05) is 19.2 Å². The standard InChI is InChI=1S/C11H21NO2/c1-9(10-3-6-14-7-10)12-8-11(13)4-2-5-11/h9-10,12-13H,2-8H2,1H3. The van der Waals surface area contributed by atoms with Gasteiger partial charge in [0.1, 0.15) is 0 Å². The molecule has 0 radical (unpaired) electrons. The van der Waals surface area contributed by atoms with Crippen LogP contribution in [0.4, 0.5) is 0 Å². The molecule has 1 aliphatic heterocycles. The first-order valence-corrected chi connectivity index (χ1v) is 5.73. The van der Waals surface area contributed by atoms with Gasteiger partial charge in [0.05, 0.1) is 12.2 Å². The van der Waals surface area contributed by atoms with Crippen molar-refractivity contribution in [2.45, 2.75) is 44.2 Å². The second kappa shape index (κ2) is 4.17. The van der Waals surface area contributed by atoms with Crippen molar-refractivity contribution in [3.63, 3.8) is 0 Å². The monoisotopic (exact) mass is 199 g/mol. The van der Waals surface area contributed by atoms with Crippen molar-refractivity contribution in [1.29, 1.82) is 0 Å². The topological polar surface area (TPSA) is 41.5 Å². The molecule has 3 heteroatoms. The molecule has 1 saturated carbocycles. The van der Waals surface area contributed by atoms with Crippen molar-refractivity contribution >= 4 is 0 Å². The summed E-state index contributed by atoms with van der Waals surface area (Å²) >= 11 is 0. The first kappa shape index (κ1) is 10.4. The Morgan fingerprint density at radius 1 is 1.57 bits per heavy atom. The molecule has 0 amide bonds. The minimum atomic E-state index is -0.395. The molecule has 2 fully saturated rings. The van der Waals surface area contributed by atoms with Gasteiger partial charge in [-0.2, -0.15) is 0 Å². The van der Waals surface area contributed by atoms with E-state index in [0.717, 1.165) is 39.0 Å². The van der Waals surface area contributed by atoms with Gasteiger partial charge in [-0.15, -0.1) is 0 Å². The molecular formula is C11H21NO2. The molecule has 2 rings (SSSR count). The molecule has 0 spiro atoms. The molecule has 3 nitrogen and oxygen atoms in total. The summed E-state index contributed by atoms with van der Waals surface area (Å²) in [6, 6.07) is 0.474. The first-order valence-electron chi connectivity index (χ1n) is 5.73. The fraction of sp³-hybridized carbons (Fsp3) is 1.00. The zero-order valence-corrected chi connectivity index (χ0v) is 8.96. The molecule has 1 heterocycles. The maximum absolute atomic E-state index is 9.91. The summed E-state index contributed by atoms with van der Waals surface area (Å²) in [6.45, 7) is 4.74. The van der Waals surface area contributed by atoms with Crippen LogP contribution in [0.25, 0.3) is 0 Å². The number of rotatable bonds is 4. The van der Waals surface area contributed by atoms with E-state index in [1.807, 2.05) is 0 Å². The zero-order chi connectivity index (χ0) is 10.0. The van der Waals surface area contributed by atoms with E-state index < -0.39 is 5.60 Å². The van der Waals surface area contributed by atoms with Gasteiger partial charge in [0.15, 0.2) is 0 Å². The van der Waals surface area contributed by atoms with Crippen LogP contribution in [0.5, 0.6) is 0 Å². The smallest absolute Gasteiger partial charge is 0.0771 e. The zero-order valence-electron chi connectivity index (χ0n) is 8.96. The van der Waals surface area contributed by atoms with Gasteiger partial charge in [-0.1, -0.05) is 0 Å². The van der Waals surface area contributed by atoms with Gasteiger partial charge in [0.2, 0.25) is 0 Å². The van der Waals surface area contributed by atoms with Crippen molar-refractivity contribution in [3.8, 4) is 0 Å². The average Bonchev–Trinajstić information content (AvgIpc) is 2.63. The van der Waals surface area contributed by atoms with E-state index in [9.17, 15) is 5.11 Å². The van der Waals surface area contributed by atoms with Crippen LogP contribution in [-0.4, -0.2) is 36.5 Å². The molecule has 0 aromatic heterocycles. The highest BCUT2D eigenvalue weighted by Crippen LogP contribution is 2.31. The normalized spacial score (nSPS) is 32.6. The van der Waals surface area contributed by atoms with E-state index in [2.05, 4.69) is 12.2 Å². The lowest BCUT2D eigenvalue weighted by molar-refractivity contribution is -0.0341. The number of aliphatic hydroxyl groups is 1. The summed E-state index contributed by atoms with van der Waals surface area (Å²) in [4.78, 5) is 0. The Kier molecular flexibility index (Phi) is 3.10. The molecule has 1 saturated heterocycles. The van der Waals surface area contributed by atoms with Crippen molar-refractivity contribution in [3.05, 3.63) is 0 Å². The third kappa shape index (κ3) is 2.27. The first-order chi connectivity index (χ1) is 6.70. The van der Waals surface area contributed by atoms with Gasteiger partial charge in [-0.25, -0.2) is 0 Å². The Morgan fingerprint density at radius 3 is 2.86 bits per heavy atom. The molecular weight excluding hydrogens is 178 g/mol. The highest BCUT2D eigenvalue weighted by atomic mass is 16.5. The molecule has 2 unspecified atom stereocenters. The second-order valence-electron chi connectivity index (χ2n) is 4.87. The summed E-state index contributed by atoms with van der Waals surface area (Å²) in [5.41, 5.74) is -0.395. The van der Waals surface area contributed by atoms with E-state index in [4.69, 9.17) is 4.74 Å². The summed E-state index contributed by atoms with van der Waals surface area (Å²) in [5.74, 6) is 0.638. The molecule has 0 bridgehead atoms. The van der Waals surface area contributed by atoms with Crippen molar-refractivity contribution < 1.29 is 9.84 Å². The molecule has 2 aliphatic rings. The number of nitrogens with one attached hydrogen (secondary N) is 1. The second-order valence-corrected chi connectivity index (χ2v) is 4.87. The van der Waals surface area contributed by atoms with Gasteiger partial charge in [-0.3, -0.25) is 0 Å². The molecule has 2 atom stereocenters. The number of ether oxygens (including phenoxy) is 1. The van der Waals surface area contributed by atoms with Gasteiger partial charge in [0.25, 0.3) is 0 Å². The molecule has 0 aromatic rings. The molecule has 2 N–H and O–H groups in total. The molecule has 14 heavy (non-hydrogen) atoms. The highest BCUT2D eigenvalue weighted by Gasteiger charge is 2.35. The van der Waals surface area contributed by atoms with E-state index in [0.29, 0.717) is 12.0 Å². The van der Waals surface area contributed by atoms with Crippen LogP contribution in [0.15, 0.2) is 0 Å². The molecule has 82 valence electrons. The fourth-order valence-electron chi connectivity index (χ4n) is 2.23. The Labute approximate surface area is 85.8 Å². The minimum Gasteiger partial charge on any atom is -0.389 e. The third-order valence-electron chi connectivity index (χ3n) is 3.71. The quantitative estimate of drug-likeness (QED) is 0.707. The van der Waals surface area contributed by atoms with Gasteiger partial charge < -0.3 is 15.2 Å². The van der Waals surface area contributed by atoms with Crippen LogP contribution >= 0.6 is 0 Å². The summed E-state index contributed by atoms with van der Waals surface area (Å²) < 4.78 is 5.35. The predicted molar refractivity (Wildman–Crippen MR) is 55.2 cm³/mol. The Hall–Kier alpha value is -0.120. The predicted octanol–water partition coefficient (Wildman–Crippen LogP) is 0.916. The van der Waals surface area contributed by atoms with Gasteiger partial charge in [-0.05, 0) is 38.5 Å². The fourth-order valence-corrected chi connectivity index (χ4v) is 2.23. The van der Waals surface area contributed by atoms with Crippen molar-refractivity contribution in [2.24, 2.45) is 5.92 Å². The Bertz CT molecular complexity index is 186. The van der Waals surface area contributed by atoms with Crippen LogP contribution in [0.2, 0.25) is 0 Å². The number of hydrogen-bond donors (Lipinski definition) is 2. The average molecular weight is 199 g/mol. The van der Waals surface area contributed by atoms with E-state index in [-0.39, 0.29) is 0 Å². The minimum absolute atomic E-state index is 0.395. The van der Waals surface area contributed by atoms with Crippen LogP contribution in [-0.2, 0) is 4.74 Å².